The lowest BCUT2D eigenvalue weighted by molar-refractivity contribution is -0.119. The van der Waals surface area contributed by atoms with Gasteiger partial charge in [0.15, 0.2) is 5.16 Å². The molecule has 1 aliphatic heterocycles. The van der Waals surface area contributed by atoms with Crippen LogP contribution in [0.25, 0.3) is 0 Å². The Kier molecular flexibility index (Phi) is 6.04. The standard InChI is InChI=1S/C17H22FN5OS/c1-22-12-19-21-17(22)25-11-16(24)20-14-6-4-8-23(10-14)9-13-5-2-3-7-15(13)18/h2-3,5,7,12,14H,4,6,8-11H2,1H3,(H,20,24)/t14-/m1/s1. The maximum atomic E-state index is 13.8. The Labute approximate surface area is 150 Å². The number of aromatic nitrogens is 3. The minimum Gasteiger partial charge on any atom is -0.351 e. The molecule has 0 radical (unpaired) electrons. The van der Waals surface area contributed by atoms with E-state index < -0.39 is 0 Å². The first-order chi connectivity index (χ1) is 12.1. The number of halogens is 1. The molecule has 6 nitrogen and oxygen atoms in total. The van der Waals surface area contributed by atoms with Crippen molar-refractivity contribution in [2.45, 2.75) is 30.6 Å². The molecule has 3 rings (SSSR count). The summed E-state index contributed by atoms with van der Waals surface area (Å²) in [5.74, 6) is 0.135. The third kappa shape index (κ3) is 5.02. The number of carbonyl (C=O) groups excluding carboxylic acids is 1. The highest BCUT2D eigenvalue weighted by atomic mass is 32.2. The van der Waals surface area contributed by atoms with Crippen molar-refractivity contribution in [1.82, 2.24) is 25.0 Å². The van der Waals surface area contributed by atoms with Crippen LogP contribution in [-0.4, -0.2) is 50.5 Å². The number of hydrogen-bond donors (Lipinski definition) is 1. The summed E-state index contributed by atoms with van der Waals surface area (Å²) >= 11 is 1.37. The lowest BCUT2D eigenvalue weighted by Crippen LogP contribution is -2.47. The van der Waals surface area contributed by atoms with Gasteiger partial charge in [-0.25, -0.2) is 4.39 Å². The highest BCUT2D eigenvalue weighted by molar-refractivity contribution is 7.99. The fourth-order valence-electron chi connectivity index (χ4n) is 2.99. The Morgan fingerprint density at radius 3 is 3.04 bits per heavy atom. The second-order valence-corrected chi connectivity index (χ2v) is 7.19. The number of nitrogens with one attached hydrogen (secondary N) is 1. The summed E-state index contributed by atoms with van der Waals surface area (Å²) in [6.07, 6.45) is 3.56. The maximum absolute atomic E-state index is 13.8. The molecular formula is C17H22FN5OS. The third-order valence-electron chi connectivity index (χ3n) is 4.22. The quantitative estimate of drug-likeness (QED) is 0.794. The number of benzene rings is 1. The van der Waals surface area contributed by atoms with Crippen molar-refractivity contribution in [1.29, 1.82) is 0 Å². The Morgan fingerprint density at radius 1 is 1.44 bits per heavy atom. The van der Waals surface area contributed by atoms with Crippen molar-refractivity contribution in [2.75, 3.05) is 18.8 Å². The molecule has 0 aliphatic carbocycles. The molecule has 0 unspecified atom stereocenters. The van der Waals surface area contributed by atoms with E-state index in [0.717, 1.165) is 31.1 Å². The fraction of sp³-hybridized carbons (Fsp3) is 0.471. The van der Waals surface area contributed by atoms with Gasteiger partial charge >= 0.3 is 0 Å². The van der Waals surface area contributed by atoms with Crippen molar-refractivity contribution in [2.24, 2.45) is 7.05 Å². The molecule has 1 fully saturated rings. The number of likely N-dealkylation sites (tertiary alicyclic amines) is 1. The van der Waals surface area contributed by atoms with Gasteiger partial charge in [-0.2, -0.15) is 0 Å². The minimum atomic E-state index is -0.172. The molecule has 8 heteroatoms. The van der Waals surface area contributed by atoms with E-state index >= 15 is 0 Å². The molecule has 2 aromatic rings. The second kappa shape index (κ2) is 8.44. The first-order valence-corrected chi connectivity index (χ1v) is 9.32. The van der Waals surface area contributed by atoms with E-state index in [2.05, 4.69) is 20.4 Å². The lowest BCUT2D eigenvalue weighted by Gasteiger charge is -2.33. The van der Waals surface area contributed by atoms with Gasteiger partial charge < -0.3 is 9.88 Å². The van der Waals surface area contributed by atoms with Crippen LogP contribution >= 0.6 is 11.8 Å². The van der Waals surface area contributed by atoms with Crippen LogP contribution in [0, 0.1) is 5.82 Å². The van der Waals surface area contributed by atoms with E-state index in [0.29, 0.717) is 17.9 Å². The number of carbonyl (C=O) groups is 1. The van der Waals surface area contributed by atoms with Crippen LogP contribution in [0.4, 0.5) is 4.39 Å². The van der Waals surface area contributed by atoms with Gasteiger partial charge in [0.25, 0.3) is 0 Å². The number of piperidine rings is 1. The van der Waals surface area contributed by atoms with E-state index in [1.54, 1.807) is 17.0 Å². The van der Waals surface area contributed by atoms with Gasteiger partial charge in [0.05, 0.1) is 5.75 Å². The van der Waals surface area contributed by atoms with E-state index in [1.807, 2.05) is 19.2 Å². The monoisotopic (exact) mass is 363 g/mol. The average Bonchev–Trinajstić information content (AvgIpc) is 3.01. The molecule has 1 saturated heterocycles. The van der Waals surface area contributed by atoms with Crippen molar-refractivity contribution < 1.29 is 9.18 Å². The predicted molar refractivity (Wildman–Crippen MR) is 94.6 cm³/mol. The smallest absolute Gasteiger partial charge is 0.230 e. The van der Waals surface area contributed by atoms with E-state index in [-0.39, 0.29) is 17.8 Å². The van der Waals surface area contributed by atoms with Crippen molar-refractivity contribution in [3.05, 3.63) is 42.0 Å². The maximum Gasteiger partial charge on any atom is 0.230 e. The van der Waals surface area contributed by atoms with Crippen LogP contribution in [0.5, 0.6) is 0 Å². The molecule has 1 amide bonds. The average molecular weight is 363 g/mol. The molecule has 1 aromatic carbocycles. The zero-order valence-electron chi connectivity index (χ0n) is 14.2. The zero-order valence-corrected chi connectivity index (χ0v) is 15.0. The van der Waals surface area contributed by atoms with Crippen molar-refractivity contribution in [3.63, 3.8) is 0 Å². The second-order valence-electron chi connectivity index (χ2n) is 6.25. The molecule has 0 saturated carbocycles. The number of rotatable bonds is 6. The molecule has 2 heterocycles. The molecule has 1 aliphatic rings. The van der Waals surface area contributed by atoms with E-state index in [1.165, 1.54) is 17.8 Å². The van der Waals surface area contributed by atoms with Crippen LogP contribution in [0.15, 0.2) is 35.7 Å². The van der Waals surface area contributed by atoms with E-state index in [4.69, 9.17) is 0 Å². The summed E-state index contributed by atoms with van der Waals surface area (Å²) in [5.41, 5.74) is 0.701. The highest BCUT2D eigenvalue weighted by Crippen LogP contribution is 2.17. The summed E-state index contributed by atoms with van der Waals surface area (Å²) in [7, 11) is 1.85. The Hall–Kier alpha value is -1.93. The van der Waals surface area contributed by atoms with Crippen LogP contribution in [0.2, 0.25) is 0 Å². The molecule has 25 heavy (non-hydrogen) atoms. The van der Waals surface area contributed by atoms with Crippen LogP contribution < -0.4 is 5.32 Å². The Bertz CT molecular complexity index is 723. The molecule has 134 valence electrons. The summed E-state index contributed by atoms with van der Waals surface area (Å²) in [6.45, 7) is 2.25. The Balaban J connectivity index is 1.47. The van der Waals surface area contributed by atoms with Gasteiger partial charge in [0, 0.05) is 31.7 Å². The SMILES string of the molecule is Cn1cnnc1SCC(=O)N[C@@H]1CCCN(Cc2ccccc2F)C1. The summed E-state index contributed by atoms with van der Waals surface area (Å²) in [6, 6.07) is 6.96. The van der Waals surface area contributed by atoms with Crippen LogP contribution in [0.3, 0.4) is 0 Å². The zero-order chi connectivity index (χ0) is 17.6. The van der Waals surface area contributed by atoms with Gasteiger partial charge in [-0.3, -0.25) is 9.69 Å². The van der Waals surface area contributed by atoms with Crippen molar-refractivity contribution >= 4 is 17.7 Å². The first kappa shape index (κ1) is 17.9. The molecule has 0 bridgehead atoms. The first-order valence-electron chi connectivity index (χ1n) is 8.34. The predicted octanol–water partition coefficient (Wildman–Crippen LogP) is 1.83. The minimum absolute atomic E-state index is 0.00857. The Morgan fingerprint density at radius 2 is 2.28 bits per heavy atom. The van der Waals surface area contributed by atoms with Crippen molar-refractivity contribution in [3.8, 4) is 0 Å². The van der Waals surface area contributed by atoms with E-state index in [9.17, 15) is 9.18 Å². The number of nitrogens with zero attached hydrogens (tertiary/aromatic N) is 4. The fourth-order valence-corrected chi connectivity index (χ4v) is 3.69. The molecule has 1 aromatic heterocycles. The lowest BCUT2D eigenvalue weighted by atomic mass is 10.0. The molecule has 0 spiro atoms. The number of thioether (sulfide) groups is 1. The topological polar surface area (TPSA) is 63.1 Å². The van der Waals surface area contributed by atoms with Crippen LogP contribution in [-0.2, 0) is 18.4 Å². The number of hydrogen-bond acceptors (Lipinski definition) is 5. The molecular weight excluding hydrogens is 341 g/mol. The normalized spacial score (nSPS) is 18.2. The van der Waals surface area contributed by atoms with Crippen LogP contribution in [0.1, 0.15) is 18.4 Å². The number of amides is 1. The summed E-state index contributed by atoms with van der Waals surface area (Å²) in [5, 5.41) is 11.5. The summed E-state index contributed by atoms with van der Waals surface area (Å²) in [4.78, 5) is 14.4. The van der Waals surface area contributed by atoms with Gasteiger partial charge in [0.2, 0.25) is 5.91 Å². The van der Waals surface area contributed by atoms with Gasteiger partial charge in [-0.05, 0) is 25.5 Å². The largest absolute Gasteiger partial charge is 0.351 e. The van der Waals surface area contributed by atoms with Gasteiger partial charge in [0.1, 0.15) is 12.1 Å². The van der Waals surface area contributed by atoms with Gasteiger partial charge in [-0.15, -0.1) is 10.2 Å². The third-order valence-corrected chi connectivity index (χ3v) is 5.26. The number of aryl methyl sites for hydroxylation is 1. The van der Waals surface area contributed by atoms with Gasteiger partial charge in [-0.1, -0.05) is 30.0 Å². The molecule has 1 atom stereocenters. The highest BCUT2D eigenvalue weighted by Gasteiger charge is 2.22. The summed E-state index contributed by atoms with van der Waals surface area (Å²) < 4.78 is 15.6. The molecule has 1 N–H and O–H groups in total.